The maximum Gasteiger partial charge on any atom is -0.00857 e. The lowest BCUT2D eigenvalue weighted by Gasteiger charge is -2.36. The zero-order valence-electron chi connectivity index (χ0n) is 18.3. The summed E-state index contributed by atoms with van der Waals surface area (Å²) in [6.45, 7) is 14.2. The van der Waals surface area contributed by atoms with Gasteiger partial charge in [-0.15, -0.1) is 0 Å². The van der Waals surface area contributed by atoms with Gasteiger partial charge in [0.25, 0.3) is 0 Å². The van der Waals surface area contributed by atoms with Gasteiger partial charge < -0.3 is 0 Å². The summed E-state index contributed by atoms with van der Waals surface area (Å²) in [7, 11) is 0. The highest BCUT2D eigenvalue weighted by molar-refractivity contribution is 5.43. The van der Waals surface area contributed by atoms with Crippen LogP contribution in [0.25, 0.3) is 0 Å². The lowest BCUT2D eigenvalue weighted by atomic mass is 9.69. The van der Waals surface area contributed by atoms with Crippen LogP contribution in [0.5, 0.6) is 0 Å². The van der Waals surface area contributed by atoms with Crippen molar-refractivity contribution >= 4 is 0 Å². The fraction of sp³-hybridized carbons (Fsp3) is 0.692. The van der Waals surface area contributed by atoms with Crippen molar-refractivity contribution in [3.05, 3.63) is 46.0 Å². The fourth-order valence-corrected chi connectivity index (χ4v) is 4.92. The van der Waals surface area contributed by atoms with Crippen molar-refractivity contribution in [3.8, 4) is 0 Å². The van der Waals surface area contributed by atoms with Crippen LogP contribution in [0.2, 0.25) is 0 Å². The molecule has 2 atom stereocenters. The molecule has 1 aliphatic rings. The molecule has 1 aromatic carbocycles. The first-order chi connectivity index (χ1) is 12.5. The van der Waals surface area contributed by atoms with Gasteiger partial charge in [0.05, 0.1) is 0 Å². The van der Waals surface area contributed by atoms with Gasteiger partial charge in [-0.25, -0.2) is 0 Å². The Labute approximate surface area is 163 Å². The van der Waals surface area contributed by atoms with Crippen LogP contribution in [-0.4, -0.2) is 0 Å². The van der Waals surface area contributed by atoms with Gasteiger partial charge in [-0.3, -0.25) is 0 Å². The van der Waals surface area contributed by atoms with Gasteiger partial charge in [0.2, 0.25) is 0 Å². The Morgan fingerprint density at radius 2 is 1.69 bits per heavy atom. The average Bonchev–Trinajstić information content (AvgIpc) is 2.59. The Bertz CT molecular complexity index is 590. The largest absolute Gasteiger partial charge is 0.0853 e. The fourth-order valence-electron chi connectivity index (χ4n) is 4.92. The summed E-state index contributed by atoms with van der Waals surface area (Å²) in [6, 6.07) is 5.10. The van der Waals surface area contributed by atoms with Crippen LogP contribution >= 0.6 is 0 Å². The summed E-state index contributed by atoms with van der Waals surface area (Å²) in [5.41, 5.74) is 8.12. The van der Waals surface area contributed by atoms with Crippen molar-refractivity contribution in [1.82, 2.24) is 0 Å². The number of unbranched alkanes of at least 4 members (excludes halogenated alkanes) is 3. The minimum atomic E-state index is 0.719. The third kappa shape index (κ3) is 5.48. The van der Waals surface area contributed by atoms with Gasteiger partial charge in [-0.1, -0.05) is 70.7 Å². The van der Waals surface area contributed by atoms with E-state index in [1.807, 2.05) is 0 Å². The molecule has 0 saturated carbocycles. The smallest absolute Gasteiger partial charge is 0.00857 e. The van der Waals surface area contributed by atoms with Crippen LogP contribution in [0, 0.1) is 18.8 Å². The van der Waals surface area contributed by atoms with Crippen LogP contribution in [0.4, 0.5) is 0 Å². The summed E-state index contributed by atoms with van der Waals surface area (Å²) in [5.74, 6) is 2.27. The van der Waals surface area contributed by atoms with Crippen molar-refractivity contribution in [3.63, 3.8) is 0 Å². The van der Waals surface area contributed by atoms with Crippen molar-refractivity contribution in [1.29, 1.82) is 0 Å². The Balaban J connectivity index is 2.39. The summed E-state index contributed by atoms with van der Waals surface area (Å²) < 4.78 is 0. The van der Waals surface area contributed by atoms with E-state index in [4.69, 9.17) is 0 Å². The number of rotatable bonds is 9. The highest BCUT2D eigenvalue weighted by Crippen LogP contribution is 2.44. The summed E-state index contributed by atoms with van der Waals surface area (Å²) in [5, 5.41) is 0. The van der Waals surface area contributed by atoms with Gasteiger partial charge in [0.1, 0.15) is 0 Å². The molecule has 1 aliphatic carbocycles. The third-order valence-electron chi connectivity index (χ3n) is 6.43. The standard InChI is InChI=1S/C26H42/c1-7-9-11-12-22-17-21(6)26(23(18-22)13-10-8-2)25-16-20(5)14-15-24(25)19(3)4/h14,17-19,24-25H,7-13,15-16H2,1-6H3. The molecule has 0 bridgehead atoms. The maximum absolute atomic E-state index is 2.58. The average molecular weight is 355 g/mol. The van der Waals surface area contributed by atoms with Crippen LogP contribution in [0.3, 0.4) is 0 Å². The minimum absolute atomic E-state index is 0.719. The molecule has 0 heterocycles. The van der Waals surface area contributed by atoms with Crippen LogP contribution in [0.1, 0.15) is 108 Å². The highest BCUT2D eigenvalue weighted by atomic mass is 14.4. The van der Waals surface area contributed by atoms with Crippen molar-refractivity contribution in [2.24, 2.45) is 11.8 Å². The van der Waals surface area contributed by atoms with E-state index in [9.17, 15) is 0 Å². The predicted molar refractivity (Wildman–Crippen MR) is 117 cm³/mol. The van der Waals surface area contributed by atoms with E-state index in [1.54, 1.807) is 27.8 Å². The van der Waals surface area contributed by atoms with E-state index in [1.165, 1.54) is 57.8 Å². The van der Waals surface area contributed by atoms with Crippen LogP contribution in [0.15, 0.2) is 23.8 Å². The van der Waals surface area contributed by atoms with Crippen LogP contribution < -0.4 is 0 Å². The van der Waals surface area contributed by atoms with E-state index >= 15 is 0 Å². The van der Waals surface area contributed by atoms with Crippen molar-refractivity contribution < 1.29 is 0 Å². The monoisotopic (exact) mass is 354 g/mol. The Morgan fingerprint density at radius 1 is 0.962 bits per heavy atom. The summed E-state index contributed by atoms with van der Waals surface area (Å²) in [4.78, 5) is 0. The zero-order chi connectivity index (χ0) is 19.1. The highest BCUT2D eigenvalue weighted by Gasteiger charge is 2.31. The van der Waals surface area contributed by atoms with Crippen LogP contribution in [-0.2, 0) is 12.8 Å². The molecular formula is C26H42. The first-order valence-electron chi connectivity index (χ1n) is 11.3. The number of aryl methyl sites for hydroxylation is 3. The molecule has 26 heavy (non-hydrogen) atoms. The van der Waals surface area contributed by atoms with E-state index in [-0.39, 0.29) is 0 Å². The molecule has 0 fully saturated rings. The Hall–Kier alpha value is -1.04. The minimum Gasteiger partial charge on any atom is -0.0853 e. The third-order valence-corrected chi connectivity index (χ3v) is 6.43. The second-order valence-corrected chi connectivity index (χ2v) is 9.05. The molecule has 0 saturated heterocycles. The molecule has 2 unspecified atom stereocenters. The Morgan fingerprint density at radius 3 is 2.35 bits per heavy atom. The molecule has 1 aromatic rings. The molecule has 0 aromatic heterocycles. The number of allylic oxidation sites excluding steroid dienone is 2. The van der Waals surface area contributed by atoms with Gasteiger partial charge in [-0.2, -0.15) is 0 Å². The zero-order valence-corrected chi connectivity index (χ0v) is 18.3. The summed E-state index contributed by atoms with van der Waals surface area (Å²) in [6.07, 6.45) is 14.1. The second-order valence-electron chi connectivity index (χ2n) is 9.05. The normalized spacial score (nSPS) is 20.5. The number of hydrogen-bond donors (Lipinski definition) is 0. The first-order valence-corrected chi connectivity index (χ1v) is 11.3. The van der Waals surface area contributed by atoms with E-state index in [0.29, 0.717) is 0 Å². The quantitative estimate of drug-likeness (QED) is 0.310. The number of benzene rings is 1. The molecule has 0 radical (unpaired) electrons. The molecule has 0 amide bonds. The second kappa shape index (κ2) is 10.3. The first kappa shape index (κ1) is 21.3. The molecule has 0 nitrogen and oxygen atoms in total. The molecule has 0 N–H and O–H groups in total. The lowest BCUT2D eigenvalue weighted by molar-refractivity contribution is 0.303. The maximum atomic E-state index is 2.58. The lowest BCUT2D eigenvalue weighted by Crippen LogP contribution is -2.23. The van der Waals surface area contributed by atoms with Gasteiger partial charge >= 0.3 is 0 Å². The van der Waals surface area contributed by atoms with Crippen molar-refractivity contribution in [2.45, 2.75) is 105 Å². The number of hydrogen-bond acceptors (Lipinski definition) is 0. The van der Waals surface area contributed by atoms with Gasteiger partial charge in [0, 0.05) is 0 Å². The molecule has 0 aliphatic heterocycles. The molecular weight excluding hydrogens is 312 g/mol. The molecule has 0 heteroatoms. The SMILES string of the molecule is CCCCCc1cc(C)c(C2CC(C)=CCC2C(C)C)c(CCCC)c1. The Kier molecular flexibility index (Phi) is 8.45. The van der Waals surface area contributed by atoms with Crippen molar-refractivity contribution in [2.75, 3.05) is 0 Å². The molecule has 146 valence electrons. The summed E-state index contributed by atoms with van der Waals surface area (Å²) >= 11 is 0. The van der Waals surface area contributed by atoms with Gasteiger partial charge in [-0.05, 0) is 92.4 Å². The van der Waals surface area contributed by atoms with E-state index in [0.717, 1.165) is 17.8 Å². The molecule has 2 rings (SSSR count). The van der Waals surface area contributed by atoms with Gasteiger partial charge in [0.15, 0.2) is 0 Å². The predicted octanol–water partition coefficient (Wildman–Crippen LogP) is 8.17. The topological polar surface area (TPSA) is 0 Å². The molecule has 0 spiro atoms. The van der Waals surface area contributed by atoms with E-state index < -0.39 is 0 Å². The van der Waals surface area contributed by atoms with E-state index in [2.05, 4.69) is 59.8 Å².